The van der Waals surface area contributed by atoms with Gasteiger partial charge in [0.2, 0.25) is 5.91 Å². The molecule has 1 N–H and O–H groups in total. The van der Waals surface area contributed by atoms with E-state index in [1.54, 1.807) is 23.1 Å². The minimum absolute atomic E-state index is 0.0433. The molecule has 0 spiro atoms. The molecule has 5 nitrogen and oxygen atoms in total. The molecular weight excluding hydrogens is 424 g/mol. The summed E-state index contributed by atoms with van der Waals surface area (Å²) in [6.45, 7) is 4.03. The maximum absolute atomic E-state index is 12.4. The molecule has 31 heavy (non-hydrogen) atoms. The summed E-state index contributed by atoms with van der Waals surface area (Å²) in [5.41, 5.74) is 4.12. The van der Waals surface area contributed by atoms with Gasteiger partial charge in [-0.25, -0.2) is 0 Å². The number of aromatic nitrogens is 3. The zero-order chi connectivity index (χ0) is 21.6. The first kappa shape index (κ1) is 21.3. The Kier molecular flexibility index (Phi) is 6.84. The quantitative estimate of drug-likeness (QED) is 0.260. The molecule has 0 atom stereocenters. The molecule has 0 aliphatic carbocycles. The van der Waals surface area contributed by atoms with Crippen LogP contribution in [0, 0.1) is 13.8 Å². The number of hydrogen-bond acceptors (Lipinski definition) is 5. The van der Waals surface area contributed by atoms with Gasteiger partial charge >= 0.3 is 0 Å². The van der Waals surface area contributed by atoms with Crippen LogP contribution in [0.4, 0.5) is 5.69 Å². The fourth-order valence-corrected chi connectivity index (χ4v) is 4.94. The first-order valence-electron chi connectivity index (χ1n) is 10.2. The van der Waals surface area contributed by atoms with E-state index < -0.39 is 0 Å². The number of amides is 1. The molecule has 4 aromatic rings. The van der Waals surface area contributed by atoms with Gasteiger partial charge in [0.05, 0.1) is 4.88 Å². The Morgan fingerprint density at radius 2 is 1.77 bits per heavy atom. The molecule has 2 heterocycles. The SMILES string of the molecule is Cc1cccc(C)c1NC(=O)CCCSc1nnc(-c2cccs2)n1-c1ccccc1. The Bertz CT molecular complexity index is 1130. The van der Waals surface area contributed by atoms with Gasteiger partial charge in [-0.3, -0.25) is 9.36 Å². The van der Waals surface area contributed by atoms with Crippen LogP contribution in [0.1, 0.15) is 24.0 Å². The summed E-state index contributed by atoms with van der Waals surface area (Å²) in [4.78, 5) is 13.5. The van der Waals surface area contributed by atoms with Crippen LogP contribution < -0.4 is 5.32 Å². The van der Waals surface area contributed by atoms with Gasteiger partial charge in [-0.15, -0.1) is 21.5 Å². The van der Waals surface area contributed by atoms with E-state index in [0.717, 1.165) is 50.5 Å². The lowest BCUT2D eigenvalue weighted by atomic mass is 10.1. The van der Waals surface area contributed by atoms with Crippen molar-refractivity contribution < 1.29 is 4.79 Å². The van der Waals surface area contributed by atoms with Gasteiger partial charge in [0.15, 0.2) is 11.0 Å². The molecule has 0 saturated heterocycles. The number of carbonyl (C=O) groups is 1. The van der Waals surface area contributed by atoms with Gasteiger partial charge in [-0.1, -0.05) is 54.2 Å². The molecule has 0 unspecified atom stereocenters. The largest absolute Gasteiger partial charge is 0.326 e. The molecule has 1 amide bonds. The lowest BCUT2D eigenvalue weighted by Gasteiger charge is -2.11. The van der Waals surface area contributed by atoms with Crippen molar-refractivity contribution in [3.8, 4) is 16.4 Å². The maximum Gasteiger partial charge on any atom is 0.224 e. The summed E-state index contributed by atoms with van der Waals surface area (Å²) < 4.78 is 2.09. The second-order valence-electron chi connectivity index (χ2n) is 7.22. The Balaban J connectivity index is 1.41. The van der Waals surface area contributed by atoms with Crippen molar-refractivity contribution in [3.63, 3.8) is 0 Å². The number of aryl methyl sites for hydroxylation is 2. The molecule has 0 bridgehead atoms. The van der Waals surface area contributed by atoms with Crippen molar-refractivity contribution in [2.24, 2.45) is 0 Å². The minimum atomic E-state index is 0.0433. The first-order chi connectivity index (χ1) is 15.1. The zero-order valence-electron chi connectivity index (χ0n) is 17.5. The van der Waals surface area contributed by atoms with E-state index >= 15 is 0 Å². The Labute approximate surface area is 190 Å². The molecule has 0 aliphatic rings. The number of carbonyl (C=O) groups excluding carboxylic acids is 1. The minimum Gasteiger partial charge on any atom is -0.326 e. The number of benzene rings is 2. The number of hydrogen-bond donors (Lipinski definition) is 1. The average Bonchev–Trinajstić information content (AvgIpc) is 3.44. The van der Waals surface area contributed by atoms with Crippen LogP contribution in [0.2, 0.25) is 0 Å². The van der Waals surface area contributed by atoms with E-state index in [1.165, 1.54) is 0 Å². The molecule has 7 heteroatoms. The van der Waals surface area contributed by atoms with E-state index in [-0.39, 0.29) is 5.91 Å². The molecule has 4 rings (SSSR count). The highest BCUT2D eigenvalue weighted by Crippen LogP contribution is 2.30. The normalized spacial score (nSPS) is 10.9. The van der Waals surface area contributed by atoms with Crippen molar-refractivity contribution in [2.75, 3.05) is 11.1 Å². The molecule has 2 aromatic heterocycles. The van der Waals surface area contributed by atoms with Gasteiger partial charge in [0.25, 0.3) is 0 Å². The standard InChI is InChI=1S/C24H24N4OS2/c1-17-9-6-10-18(2)22(17)25-21(29)14-8-16-31-24-27-26-23(20-13-7-15-30-20)28(24)19-11-4-3-5-12-19/h3-7,9-13,15H,8,14,16H2,1-2H3,(H,25,29). The van der Waals surface area contributed by atoms with Crippen LogP contribution in [-0.4, -0.2) is 26.4 Å². The van der Waals surface area contributed by atoms with Crippen molar-refractivity contribution in [3.05, 3.63) is 77.2 Å². The average molecular weight is 449 g/mol. The van der Waals surface area contributed by atoms with Crippen molar-refractivity contribution >= 4 is 34.7 Å². The monoisotopic (exact) mass is 448 g/mol. The molecular formula is C24H24N4OS2. The highest BCUT2D eigenvalue weighted by atomic mass is 32.2. The molecule has 158 valence electrons. The van der Waals surface area contributed by atoms with Crippen molar-refractivity contribution in [2.45, 2.75) is 31.8 Å². The van der Waals surface area contributed by atoms with Crippen LogP contribution in [-0.2, 0) is 4.79 Å². The van der Waals surface area contributed by atoms with Crippen LogP contribution in [0.25, 0.3) is 16.4 Å². The third kappa shape index (κ3) is 5.06. The van der Waals surface area contributed by atoms with Gasteiger partial charge in [0.1, 0.15) is 0 Å². The van der Waals surface area contributed by atoms with Crippen molar-refractivity contribution in [1.29, 1.82) is 0 Å². The number of nitrogens with zero attached hydrogens (tertiary/aromatic N) is 3. The van der Waals surface area contributed by atoms with Crippen molar-refractivity contribution in [1.82, 2.24) is 14.8 Å². The zero-order valence-corrected chi connectivity index (χ0v) is 19.2. The number of rotatable bonds is 8. The topological polar surface area (TPSA) is 59.8 Å². The second-order valence-corrected chi connectivity index (χ2v) is 9.23. The number of nitrogens with one attached hydrogen (secondary N) is 1. The third-order valence-corrected chi connectivity index (χ3v) is 6.80. The smallest absolute Gasteiger partial charge is 0.224 e. The summed E-state index contributed by atoms with van der Waals surface area (Å²) in [5, 5.41) is 14.8. The second kappa shape index (κ2) is 9.94. The fourth-order valence-electron chi connectivity index (χ4n) is 3.35. The van der Waals surface area contributed by atoms with Crippen LogP contribution in [0.5, 0.6) is 0 Å². The van der Waals surface area contributed by atoms with Crippen LogP contribution in [0.15, 0.2) is 71.2 Å². The fraction of sp³-hybridized carbons (Fsp3) is 0.208. The lowest BCUT2D eigenvalue weighted by molar-refractivity contribution is -0.116. The molecule has 0 aliphatic heterocycles. The summed E-state index contributed by atoms with van der Waals surface area (Å²) in [6.07, 6.45) is 1.23. The predicted molar refractivity (Wildman–Crippen MR) is 129 cm³/mol. The van der Waals surface area contributed by atoms with Crippen LogP contribution in [0.3, 0.4) is 0 Å². The molecule has 0 saturated carbocycles. The van der Waals surface area contributed by atoms with Gasteiger partial charge in [-0.05, 0) is 55.0 Å². The summed E-state index contributed by atoms with van der Waals surface area (Å²) in [7, 11) is 0. The van der Waals surface area contributed by atoms with E-state index in [9.17, 15) is 4.79 Å². The number of thiophene rings is 1. The number of anilines is 1. The van der Waals surface area contributed by atoms with Gasteiger partial charge < -0.3 is 5.32 Å². The summed E-state index contributed by atoms with van der Waals surface area (Å²) in [6, 6.07) is 20.3. The predicted octanol–water partition coefficient (Wildman–Crippen LogP) is 6.12. The Morgan fingerprint density at radius 3 is 2.48 bits per heavy atom. The Morgan fingerprint density at radius 1 is 1.00 bits per heavy atom. The summed E-state index contributed by atoms with van der Waals surface area (Å²) in [5.74, 6) is 1.67. The van der Waals surface area contributed by atoms with E-state index in [2.05, 4.69) is 38.3 Å². The first-order valence-corrected chi connectivity index (χ1v) is 12.0. The highest BCUT2D eigenvalue weighted by molar-refractivity contribution is 7.99. The highest BCUT2D eigenvalue weighted by Gasteiger charge is 2.17. The van der Waals surface area contributed by atoms with Crippen LogP contribution >= 0.6 is 23.1 Å². The lowest BCUT2D eigenvalue weighted by Crippen LogP contribution is -2.13. The molecule has 0 fully saturated rings. The molecule has 2 aromatic carbocycles. The third-order valence-electron chi connectivity index (χ3n) is 4.91. The van der Waals surface area contributed by atoms with E-state index in [4.69, 9.17) is 0 Å². The summed E-state index contributed by atoms with van der Waals surface area (Å²) >= 11 is 3.28. The number of para-hydroxylation sites is 2. The maximum atomic E-state index is 12.4. The van der Waals surface area contributed by atoms with E-state index in [1.807, 2.05) is 61.7 Å². The van der Waals surface area contributed by atoms with Gasteiger partial charge in [-0.2, -0.15) is 0 Å². The Hall–Kier alpha value is -2.90. The number of thioether (sulfide) groups is 1. The van der Waals surface area contributed by atoms with Gasteiger partial charge in [0, 0.05) is 23.5 Å². The van der Waals surface area contributed by atoms with E-state index in [0.29, 0.717) is 6.42 Å². The molecule has 0 radical (unpaired) electrons.